The van der Waals surface area contributed by atoms with Crippen molar-refractivity contribution in [3.63, 3.8) is 0 Å². The van der Waals surface area contributed by atoms with Crippen LogP contribution in [0.4, 0.5) is 0 Å². The van der Waals surface area contributed by atoms with Gasteiger partial charge in [0.25, 0.3) is 0 Å². The van der Waals surface area contributed by atoms with Gasteiger partial charge < -0.3 is 0 Å². The molecule has 0 spiro atoms. The average Bonchev–Trinajstić information content (AvgIpc) is 1.30. The molecule has 44 valence electrons. The lowest BCUT2D eigenvalue weighted by Gasteiger charge is -2.14. The third-order valence-corrected chi connectivity index (χ3v) is 3.00. The van der Waals surface area contributed by atoms with E-state index in [1.165, 1.54) is 6.04 Å². The zero-order valence-electron chi connectivity index (χ0n) is 5.91. The maximum Gasteiger partial charge on any atom is 0.0257 e. The molecule has 0 radical (unpaired) electrons. The third-order valence-electron chi connectivity index (χ3n) is 1.000. The summed E-state index contributed by atoms with van der Waals surface area (Å²) in [6, 6.07) is 1.45. The number of rotatable bonds is 1. The van der Waals surface area contributed by atoms with Gasteiger partial charge in [-0.05, 0) is 5.04 Å². The van der Waals surface area contributed by atoms with Crippen LogP contribution in [0.25, 0.3) is 0 Å². The molecule has 0 bridgehead atoms. The molecule has 0 aromatic heterocycles. The van der Waals surface area contributed by atoms with Crippen molar-refractivity contribution in [3.05, 3.63) is 0 Å². The Morgan fingerprint density at radius 3 is 1.71 bits per heavy atom. The minimum absolute atomic E-state index is 0.260. The predicted octanol–water partition coefficient (Wildman–Crippen LogP) is 1.81. The van der Waals surface area contributed by atoms with Gasteiger partial charge >= 0.3 is 0 Å². The smallest absolute Gasteiger partial charge is 0.0257 e. The van der Waals surface area contributed by atoms with Crippen molar-refractivity contribution < 1.29 is 0 Å². The van der Waals surface area contributed by atoms with E-state index in [0.29, 0.717) is 5.04 Å². The van der Waals surface area contributed by atoms with E-state index in [1.807, 2.05) is 0 Å². The summed E-state index contributed by atoms with van der Waals surface area (Å²) < 4.78 is 0. The third kappa shape index (κ3) is 6.22. The molecule has 0 atom stereocenters. The summed E-state index contributed by atoms with van der Waals surface area (Å²) in [5.41, 5.74) is 0. The topological polar surface area (TPSA) is 0 Å². The van der Waals surface area contributed by atoms with Crippen LogP contribution in [0.15, 0.2) is 0 Å². The fourth-order valence-electron chi connectivity index (χ4n) is 0.750. The zero-order valence-corrected chi connectivity index (χ0v) is 7.33. The van der Waals surface area contributed by atoms with E-state index < -0.39 is 0 Å². The van der Waals surface area contributed by atoms with Crippen LogP contribution in [0.2, 0.25) is 11.1 Å². The highest BCUT2D eigenvalue weighted by molar-refractivity contribution is 6.39. The lowest BCUT2D eigenvalue weighted by molar-refractivity contribution is 0.750. The Hall–Kier alpha value is 0.217. The van der Waals surface area contributed by atoms with Crippen molar-refractivity contribution in [2.24, 2.45) is 0 Å². The highest BCUT2D eigenvalue weighted by Gasteiger charge is 2.06. The first-order chi connectivity index (χ1) is 3.06. The molecule has 0 saturated heterocycles. The van der Waals surface area contributed by atoms with Crippen LogP contribution in [-0.2, 0) is 0 Å². The first-order valence-corrected chi connectivity index (χ1v) is 4.77. The summed E-state index contributed by atoms with van der Waals surface area (Å²) in [5.74, 6) is 0. The molecule has 0 unspecified atom stereocenters. The average molecular weight is 116 g/mol. The molecule has 0 aliphatic heterocycles. The molecule has 0 aromatic rings. The van der Waals surface area contributed by atoms with Crippen LogP contribution in [-0.4, -0.2) is 9.52 Å². The van der Waals surface area contributed by atoms with Crippen molar-refractivity contribution in [1.29, 1.82) is 0 Å². The monoisotopic (exact) mass is 116 g/mol. The van der Waals surface area contributed by atoms with Gasteiger partial charge in [-0.25, -0.2) is 0 Å². The van der Waals surface area contributed by atoms with E-state index in [1.54, 1.807) is 0 Å². The summed E-state index contributed by atoms with van der Waals surface area (Å²) in [4.78, 5) is 0. The number of hydrogen-bond donors (Lipinski definition) is 0. The Balaban J connectivity index is 3.15. The van der Waals surface area contributed by atoms with Gasteiger partial charge in [-0.15, -0.1) is 0 Å². The van der Waals surface area contributed by atoms with Gasteiger partial charge in [0.2, 0.25) is 0 Å². The first kappa shape index (κ1) is 7.22. The van der Waals surface area contributed by atoms with E-state index >= 15 is 0 Å². The summed E-state index contributed by atoms with van der Waals surface area (Å²) in [6.07, 6.45) is 0. The molecule has 0 rings (SSSR count). The van der Waals surface area contributed by atoms with Crippen molar-refractivity contribution in [3.8, 4) is 0 Å². The van der Waals surface area contributed by atoms with Crippen molar-refractivity contribution >= 4 is 9.52 Å². The fourth-order valence-corrected chi connectivity index (χ4v) is 2.25. The second kappa shape index (κ2) is 2.51. The van der Waals surface area contributed by atoms with E-state index in [2.05, 4.69) is 27.7 Å². The molecule has 1 heteroatoms. The Labute approximate surface area is 49.1 Å². The summed E-state index contributed by atoms with van der Waals surface area (Å²) in [6.45, 7) is 9.30. The summed E-state index contributed by atoms with van der Waals surface area (Å²) >= 11 is 0. The largest absolute Gasteiger partial charge is 0.0683 e. The Bertz CT molecular complexity index is 42.6. The number of hydrogen-bond acceptors (Lipinski definition) is 0. The van der Waals surface area contributed by atoms with Gasteiger partial charge in [-0.2, -0.15) is 0 Å². The van der Waals surface area contributed by atoms with E-state index in [0.717, 1.165) is 0 Å². The highest BCUT2D eigenvalue weighted by atomic mass is 28.2. The second-order valence-corrected chi connectivity index (χ2v) is 6.93. The van der Waals surface area contributed by atoms with E-state index in [4.69, 9.17) is 0 Å². The molecular weight excluding hydrogens is 100 g/mol. The molecule has 0 heterocycles. The minimum atomic E-state index is 0.260. The van der Waals surface area contributed by atoms with Gasteiger partial charge in [0.05, 0.1) is 0 Å². The predicted molar refractivity (Wildman–Crippen MR) is 38.7 cm³/mol. The molecule has 0 N–H and O–H groups in total. The molecule has 0 fully saturated rings. The SMILES string of the molecule is CC[SiH2]C(C)(C)C. The lowest BCUT2D eigenvalue weighted by Crippen LogP contribution is -2.05. The van der Waals surface area contributed by atoms with Gasteiger partial charge in [-0.1, -0.05) is 33.7 Å². The zero-order chi connectivity index (χ0) is 5.91. The maximum atomic E-state index is 2.34. The normalized spacial score (nSPS) is 13.7. The minimum Gasteiger partial charge on any atom is -0.0683 e. The highest BCUT2D eigenvalue weighted by Crippen LogP contribution is 2.20. The van der Waals surface area contributed by atoms with E-state index in [9.17, 15) is 0 Å². The summed E-state index contributed by atoms with van der Waals surface area (Å²) in [7, 11) is 0.260. The first-order valence-electron chi connectivity index (χ1n) is 3.06. The molecule has 0 aromatic carbocycles. The van der Waals surface area contributed by atoms with Crippen molar-refractivity contribution in [1.82, 2.24) is 0 Å². The van der Waals surface area contributed by atoms with Gasteiger partial charge in [0.15, 0.2) is 0 Å². The fraction of sp³-hybridized carbons (Fsp3) is 1.00. The van der Waals surface area contributed by atoms with Gasteiger partial charge in [0, 0.05) is 9.52 Å². The van der Waals surface area contributed by atoms with Gasteiger partial charge in [-0.3, -0.25) is 0 Å². The maximum absolute atomic E-state index is 2.34. The van der Waals surface area contributed by atoms with Crippen LogP contribution < -0.4 is 0 Å². The standard InChI is InChI=1S/C6H16Si/c1-5-7-6(2,3)4/h5,7H2,1-4H3. The molecule has 0 amide bonds. The summed E-state index contributed by atoms with van der Waals surface area (Å²) in [5, 5.41) is 0.689. The molecule has 7 heavy (non-hydrogen) atoms. The van der Waals surface area contributed by atoms with Crippen molar-refractivity contribution in [2.45, 2.75) is 38.8 Å². The second-order valence-electron chi connectivity index (χ2n) is 3.31. The van der Waals surface area contributed by atoms with Crippen LogP contribution in [0, 0.1) is 0 Å². The van der Waals surface area contributed by atoms with Crippen molar-refractivity contribution in [2.75, 3.05) is 0 Å². The molecule has 0 aliphatic carbocycles. The molecule has 0 aliphatic rings. The van der Waals surface area contributed by atoms with Crippen LogP contribution in [0.5, 0.6) is 0 Å². The van der Waals surface area contributed by atoms with Gasteiger partial charge in [0.1, 0.15) is 0 Å². The Morgan fingerprint density at radius 2 is 1.71 bits per heavy atom. The van der Waals surface area contributed by atoms with E-state index in [-0.39, 0.29) is 9.52 Å². The molecule has 0 saturated carbocycles. The van der Waals surface area contributed by atoms with Crippen LogP contribution >= 0.6 is 0 Å². The lowest BCUT2D eigenvalue weighted by atomic mass is 10.3. The molecule has 0 nitrogen and oxygen atoms in total. The molecular formula is C6H16Si. The Kier molecular flexibility index (Phi) is 2.58. The quantitative estimate of drug-likeness (QED) is 0.458. The Morgan fingerprint density at radius 1 is 1.29 bits per heavy atom. The van der Waals surface area contributed by atoms with Crippen LogP contribution in [0.1, 0.15) is 27.7 Å². The van der Waals surface area contributed by atoms with Crippen LogP contribution in [0.3, 0.4) is 0 Å².